The second-order valence-electron chi connectivity index (χ2n) is 15.1. The molecule has 3 aromatic carbocycles. The zero-order valence-corrected chi connectivity index (χ0v) is 33.5. The molecule has 0 radical (unpaired) electrons. The quantitative estimate of drug-likeness (QED) is 0.182. The fourth-order valence-electron chi connectivity index (χ4n) is 8.00. The molecule has 14 heteroatoms. The molecule has 7 heterocycles. The van der Waals surface area contributed by atoms with Crippen LogP contribution in [0.5, 0.6) is 0 Å². The van der Waals surface area contributed by atoms with Crippen molar-refractivity contribution >= 4 is 60.0 Å². The molecule has 0 aliphatic carbocycles. The van der Waals surface area contributed by atoms with Gasteiger partial charge in [0.2, 0.25) is 0 Å². The molecule has 294 valence electrons. The first-order chi connectivity index (χ1) is 28.1. The molecule has 0 bridgehead atoms. The first-order valence-corrected chi connectivity index (χ1v) is 20.4. The fraction of sp³-hybridized carbons (Fsp3) is 0.295. The second kappa shape index (κ2) is 15.6. The number of aromatic nitrogens is 8. The van der Waals surface area contributed by atoms with Crippen molar-refractivity contribution in [2.45, 2.75) is 46.0 Å². The van der Waals surface area contributed by atoms with Gasteiger partial charge in [0.1, 0.15) is 27.5 Å². The summed E-state index contributed by atoms with van der Waals surface area (Å²) >= 11 is 1.56. The number of thiazole rings is 1. The van der Waals surface area contributed by atoms with Crippen molar-refractivity contribution in [2.24, 2.45) is 7.05 Å². The molecule has 5 aromatic heterocycles. The third-order valence-electron chi connectivity index (χ3n) is 11.1. The molecule has 0 atom stereocenters. The van der Waals surface area contributed by atoms with E-state index >= 15 is 4.39 Å². The van der Waals surface area contributed by atoms with Gasteiger partial charge >= 0.3 is 0 Å². The van der Waals surface area contributed by atoms with Gasteiger partial charge in [-0.1, -0.05) is 24.3 Å². The molecule has 1 fully saturated rings. The molecule has 58 heavy (non-hydrogen) atoms. The molecule has 1 saturated heterocycles. The Bertz CT molecular complexity index is 2900. The summed E-state index contributed by atoms with van der Waals surface area (Å²) in [7, 11) is 1.74. The number of halogens is 3. The molecule has 0 saturated carbocycles. The monoisotopic (exact) mass is 798 g/mol. The van der Waals surface area contributed by atoms with Crippen molar-refractivity contribution < 1.29 is 13.2 Å². The molecule has 2 aliphatic heterocycles. The van der Waals surface area contributed by atoms with Gasteiger partial charge in [0, 0.05) is 53.0 Å². The van der Waals surface area contributed by atoms with Crippen LogP contribution >= 0.6 is 11.3 Å². The summed E-state index contributed by atoms with van der Waals surface area (Å²) in [5.41, 5.74) is 8.57. The van der Waals surface area contributed by atoms with Gasteiger partial charge in [0.15, 0.2) is 5.82 Å². The van der Waals surface area contributed by atoms with E-state index in [9.17, 15) is 8.78 Å². The molecular weight excluding hydrogens is 758 g/mol. The summed E-state index contributed by atoms with van der Waals surface area (Å²) < 4.78 is 45.9. The van der Waals surface area contributed by atoms with E-state index in [0.29, 0.717) is 55.4 Å². The molecule has 0 unspecified atom stereocenters. The van der Waals surface area contributed by atoms with Crippen LogP contribution < -0.4 is 5.32 Å². The highest BCUT2D eigenvalue weighted by Crippen LogP contribution is 2.34. The zero-order valence-electron chi connectivity index (χ0n) is 32.7. The van der Waals surface area contributed by atoms with Crippen LogP contribution in [0.2, 0.25) is 0 Å². The van der Waals surface area contributed by atoms with Crippen molar-refractivity contribution in [1.29, 1.82) is 0 Å². The van der Waals surface area contributed by atoms with E-state index < -0.39 is 5.82 Å². The van der Waals surface area contributed by atoms with Crippen LogP contribution in [0.3, 0.4) is 0 Å². The number of hydrogen-bond donors (Lipinski definition) is 1. The van der Waals surface area contributed by atoms with Crippen LogP contribution in [-0.2, 0) is 7.05 Å². The molecule has 1 N–H and O–H groups in total. The largest absolute Gasteiger partial charge is 0.313 e. The summed E-state index contributed by atoms with van der Waals surface area (Å²) in [5, 5.41) is 27.2. The SMILES string of the molecule is CCN1CCC(c2cc3c(F)cc(-c4cc(C)c5nc(C)sc5n4)cc3nn2)CC1.Cn1cc2cc(-c3cc4c(F)cc(C5=CCNCC5)cc4nn3)cc(F)c2n1. The second-order valence-corrected chi connectivity index (χ2v) is 16.3. The van der Waals surface area contributed by atoms with Crippen LogP contribution in [0, 0.1) is 31.3 Å². The van der Waals surface area contributed by atoms with Crippen molar-refractivity contribution in [3.8, 4) is 22.5 Å². The van der Waals surface area contributed by atoms with Gasteiger partial charge < -0.3 is 10.2 Å². The van der Waals surface area contributed by atoms with Gasteiger partial charge in [-0.15, -0.1) is 10.2 Å². The average Bonchev–Trinajstić information content (AvgIpc) is 3.82. The van der Waals surface area contributed by atoms with Gasteiger partial charge in [-0.05, 0) is 131 Å². The number of nitrogens with zero attached hydrogens (tertiary/aromatic N) is 9. The Balaban J connectivity index is 0.000000151. The maximum Gasteiger partial charge on any atom is 0.151 e. The van der Waals surface area contributed by atoms with Gasteiger partial charge in [0.25, 0.3) is 0 Å². The smallest absolute Gasteiger partial charge is 0.151 e. The highest BCUT2D eigenvalue weighted by atomic mass is 32.1. The first kappa shape index (κ1) is 37.9. The van der Waals surface area contributed by atoms with Crippen molar-refractivity contribution in [3.05, 3.63) is 106 Å². The predicted molar refractivity (Wildman–Crippen MR) is 224 cm³/mol. The number of pyridine rings is 1. The van der Waals surface area contributed by atoms with E-state index in [4.69, 9.17) is 4.98 Å². The van der Waals surface area contributed by atoms with Gasteiger partial charge in [-0.3, -0.25) is 4.68 Å². The Morgan fingerprint density at radius 2 is 1.47 bits per heavy atom. The first-order valence-electron chi connectivity index (χ1n) is 19.5. The molecule has 8 aromatic rings. The van der Waals surface area contributed by atoms with Gasteiger partial charge in [-0.25, -0.2) is 23.1 Å². The van der Waals surface area contributed by atoms with Crippen LogP contribution in [-0.4, -0.2) is 77.8 Å². The molecule has 0 amide bonds. The lowest BCUT2D eigenvalue weighted by Gasteiger charge is -2.30. The van der Waals surface area contributed by atoms with Crippen molar-refractivity contribution in [3.63, 3.8) is 0 Å². The summed E-state index contributed by atoms with van der Waals surface area (Å²) in [6.07, 6.45) is 6.74. The van der Waals surface area contributed by atoms with Gasteiger partial charge in [0.05, 0.1) is 33.1 Å². The minimum absolute atomic E-state index is 0.273. The Hall–Kier alpha value is -5.70. The standard InChI is InChI=1S/C23H24FN5S.C21H17F2N5/c1-4-29-7-5-15(6-8-29)20-12-17-18(24)10-16(11-21(17)28-27-20)19-9-13(2)22-23(26-19)30-14(3)25-22;1-28-11-15-6-14(8-18(23)21(15)27-28)19-10-16-17(22)7-13(9-20(16)26-25-19)12-2-4-24-5-3-12/h9-12,15H,4-8H2,1-3H3;2,6-11,24H,3-5H2,1H3. The minimum Gasteiger partial charge on any atom is -0.313 e. The number of aryl methyl sites for hydroxylation is 3. The summed E-state index contributed by atoms with van der Waals surface area (Å²) in [4.78, 5) is 12.6. The van der Waals surface area contributed by atoms with Crippen molar-refractivity contribution in [2.75, 3.05) is 32.7 Å². The van der Waals surface area contributed by atoms with E-state index in [2.05, 4.69) is 53.7 Å². The lowest BCUT2D eigenvalue weighted by atomic mass is 9.92. The molecule has 10 nitrogen and oxygen atoms in total. The summed E-state index contributed by atoms with van der Waals surface area (Å²) in [6.45, 7) is 11.0. The molecule has 0 spiro atoms. The van der Waals surface area contributed by atoms with E-state index in [0.717, 1.165) is 95.4 Å². The zero-order chi connectivity index (χ0) is 40.1. The van der Waals surface area contributed by atoms with Crippen molar-refractivity contribution in [1.82, 2.24) is 50.4 Å². The number of piperidine rings is 1. The molecule has 10 rings (SSSR count). The third kappa shape index (κ3) is 7.43. The Labute approximate surface area is 336 Å². The maximum atomic E-state index is 15.1. The Kier molecular flexibility index (Phi) is 10.2. The summed E-state index contributed by atoms with van der Waals surface area (Å²) in [5.74, 6) is -0.718. The number of nitrogens with one attached hydrogen (secondary N) is 1. The molecular formula is C44H41F3N10S. The average molecular weight is 799 g/mol. The maximum absolute atomic E-state index is 15.1. The van der Waals surface area contributed by atoms with Crippen LogP contribution in [0.4, 0.5) is 13.2 Å². The Morgan fingerprint density at radius 3 is 2.22 bits per heavy atom. The van der Waals surface area contributed by atoms with E-state index in [1.165, 1.54) is 12.1 Å². The Morgan fingerprint density at radius 1 is 0.759 bits per heavy atom. The number of rotatable bonds is 5. The third-order valence-corrected chi connectivity index (χ3v) is 12.0. The highest BCUT2D eigenvalue weighted by molar-refractivity contribution is 7.18. The van der Waals surface area contributed by atoms with E-state index in [1.54, 1.807) is 47.5 Å². The fourth-order valence-corrected chi connectivity index (χ4v) is 8.86. The van der Waals surface area contributed by atoms with E-state index in [-0.39, 0.29) is 11.6 Å². The lowest BCUT2D eigenvalue weighted by molar-refractivity contribution is 0.220. The number of fused-ring (bicyclic) bond motifs is 4. The van der Waals surface area contributed by atoms with Crippen LogP contribution in [0.25, 0.3) is 71.1 Å². The highest BCUT2D eigenvalue weighted by Gasteiger charge is 2.22. The minimum atomic E-state index is -0.441. The predicted octanol–water partition coefficient (Wildman–Crippen LogP) is 9.10. The number of benzene rings is 3. The number of hydrogen-bond acceptors (Lipinski definition) is 10. The topological polar surface area (TPSA) is 110 Å². The lowest BCUT2D eigenvalue weighted by Crippen LogP contribution is -2.32. The number of likely N-dealkylation sites (tertiary alicyclic amines) is 1. The molecule has 2 aliphatic rings. The summed E-state index contributed by atoms with van der Waals surface area (Å²) in [6, 6.07) is 15.5. The normalized spacial score (nSPS) is 15.3. The van der Waals surface area contributed by atoms with E-state index in [1.807, 2.05) is 38.1 Å². The van der Waals surface area contributed by atoms with Crippen LogP contribution in [0.15, 0.2) is 66.9 Å². The van der Waals surface area contributed by atoms with Crippen LogP contribution in [0.1, 0.15) is 53.9 Å². The van der Waals surface area contributed by atoms with Gasteiger partial charge in [-0.2, -0.15) is 15.3 Å².